The Kier molecular flexibility index (Phi) is 12.3. The number of guanidine groups is 1. The molecule has 0 aliphatic carbocycles. The predicted molar refractivity (Wildman–Crippen MR) is 117 cm³/mol. The molecule has 0 aromatic heterocycles. The Morgan fingerprint density at radius 2 is 2.00 bits per heavy atom. The number of hydrogen-bond acceptors (Lipinski definition) is 8. The van der Waals surface area contributed by atoms with E-state index in [2.05, 4.69) is 17.2 Å². The van der Waals surface area contributed by atoms with Crippen LogP contribution in [0.2, 0.25) is 0 Å². The first kappa shape index (κ1) is 27.4. The first-order valence-corrected chi connectivity index (χ1v) is 10.8. The first-order valence-electron chi connectivity index (χ1n) is 10.8. The highest BCUT2D eigenvalue weighted by molar-refractivity contribution is 5.77. The van der Waals surface area contributed by atoms with E-state index in [0.29, 0.717) is 12.7 Å². The highest BCUT2D eigenvalue weighted by Gasteiger charge is 2.43. The Balaban J connectivity index is 2.87. The van der Waals surface area contributed by atoms with Gasteiger partial charge in [-0.3, -0.25) is 14.4 Å². The smallest absolute Gasteiger partial charge is 0.305 e. The maximum absolute atomic E-state index is 12.0. The van der Waals surface area contributed by atoms with Crippen molar-refractivity contribution in [3.05, 3.63) is 11.8 Å². The van der Waals surface area contributed by atoms with Crippen LogP contribution in [-0.2, 0) is 28.6 Å². The summed E-state index contributed by atoms with van der Waals surface area (Å²) in [4.78, 5) is 39.2. The van der Waals surface area contributed by atoms with E-state index >= 15 is 0 Å². The molecule has 0 bridgehead atoms. The van der Waals surface area contributed by atoms with Crippen LogP contribution in [0.25, 0.3) is 0 Å². The van der Waals surface area contributed by atoms with Gasteiger partial charge in [0.1, 0.15) is 18.8 Å². The molecule has 0 fully saturated rings. The molecule has 11 nitrogen and oxygen atoms in total. The van der Waals surface area contributed by atoms with Crippen molar-refractivity contribution < 1.29 is 33.7 Å². The number of ether oxygens (including phenoxy) is 3. The molecule has 1 rings (SSSR count). The van der Waals surface area contributed by atoms with Crippen molar-refractivity contribution in [2.75, 3.05) is 13.7 Å². The molecular formula is C21H36N4O7. The van der Waals surface area contributed by atoms with Crippen LogP contribution in [-0.4, -0.2) is 73.3 Å². The lowest BCUT2D eigenvalue weighted by Gasteiger charge is -2.39. The van der Waals surface area contributed by atoms with E-state index in [-0.39, 0.29) is 24.7 Å². The Morgan fingerprint density at radius 1 is 1.31 bits per heavy atom. The Labute approximate surface area is 188 Å². The summed E-state index contributed by atoms with van der Waals surface area (Å²) in [6.07, 6.45) is 3.64. The average Bonchev–Trinajstić information content (AvgIpc) is 2.73. The summed E-state index contributed by atoms with van der Waals surface area (Å²) in [5.41, 5.74) is 11.0. The van der Waals surface area contributed by atoms with Crippen molar-refractivity contribution in [3.63, 3.8) is 0 Å². The van der Waals surface area contributed by atoms with Crippen LogP contribution in [0.1, 0.15) is 52.4 Å². The SMILES string of the molecule is CCCCCCCC(=O)OC[C@@H](O)[C@@H](OC)[C@@H]1OC(C=O)=C[C@H](N=C(N)N)[C@H]1NC(C)=O. The van der Waals surface area contributed by atoms with Crippen molar-refractivity contribution in [2.24, 2.45) is 16.5 Å². The largest absolute Gasteiger partial charge is 0.482 e. The molecule has 0 aromatic rings. The summed E-state index contributed by atoms with van der Waals surface area (Å²) in [6.45, 7) is 3.07. The number of carbonyl (C=O) groups is 3. The van der Waals surface area contributed by atoms with Gasteiger partial charge >= 0.3 is 5.97 Å². The summed E-state index contributed by atoms with van der Waals surface area (Å²) in [6, 6.07) is -1.69. The minimum Gasteiger partial charge on any atom is -0.482 e. The van der Waals surface area contributed by atoms with E-state index in [1.54, 1.807) is 0 Å². The van der Waals surface area contributed by atoms with Gasteiger partial charge in [-0.05, 0) is 12.5 Å². The number of allylic oxidation sites excluding steroid dienone is 1. The summed E-state index contributed by atoms with van der Waals surface area (Å²) >= 11 is 0. The monoisotopic (exact) mass is 456 g/mol. The number of nitrogens with zero attached hydrogens (tertiary/aromatic N) is 1. The zero-order chi connectivity index (χ0) is 24.1. The van der Waals surface area contributed by atoms with Crippen LogP contribution in [0.4, 0.5) is 0 Å². The van der Waals surface area contributed by atoms with Gasteiger partial charge in [0.2, 0.25) is 5.91 Å². The number of aliphatic imine (C=N–C) groups is 1. The highest BCUT2D eigenvalue weighted by atomic mass is 16.6. The lowest BCUT2D eigenvalue weighted by atomic mass is 9.92. The molecule has 0 saturated heterocycles. The van der Waals surface area contributed by atoms with Crippen LogP contribution in [0, 0.1) is 0 Å². The van der Waals surface area contributed by atoms with Crippen molar-refractivity contribution in [1.29, 1.82) is 0 Å². The average molecular weight is 457 g/mol. The summed E-state index contributed by atoms with van der Waals surface area (Å²) in [7, 11) is 1.33. The zero-order valence-corrected chi connectivity index (χ0v) is 19.0. The standard InChI is InChI=1S/C21H36N4O7/c1-4-5-6-7-8-9-17(29)31-12-16(28)19(30-3)20-18(24-13(2)27)15(25-21(22)23)10-14(11-26)32-20/h10-11,15-16,18-20,28H,4-9,12H2,1-3H3,(H,24,27)(H4,22,23,25)/t15-,16+,18+,19+,20+/m0/s1. The number of nitrogens with two attached hydrogens (primary N) is 2. The third-order valence-electron chi connectivity index (χ3n) is 4.99. The maximum Gasteiger partial charge on any atom is 0.305 e. The fourth-order valence-corrected chi connectivity index (χ4v) is 3.49. The van der Waals surface area contributed by atoms with E-state index in [1.165, 1.54) is 20.1 Å². The molecule has 1 aliphatic heterocycles. The predicted octanol–water partition coefficient (Wildman–Crippen LogP) is -0.106. The minimum absolute atomic E-state index is 0.0788. The van der Waals surface area contributed by atoms with E-state index in [1.807, 2.05) is 0 Å². The number of carbonyl (C=O) groups excluding carboxylic acids is 3. The van der Waals surface area contributed by atoms with Gasteiger partial charge in [-0.15, -0.1) is 0 Å². The van der Waals surface area contributed by atoms with Crippen LogP contribution in [0.5, 0.6) is 0 Å². The molecule has 0 aromatic carbocycles. The minimum atomic E-state index is -1.30. The number of unbranched alkanes of at least 4 members (excludes halogenated alkanes) is 4. The summed E-state index contributed by atoms with van der Waals surface area (Å²) in [5, 5.41) is 13.3. The molecule has 6 N–H and O–H groups in total. The van der Waals surface area contributed by atoms with Crippen LogP contribution >= 0.6 is 0 Å². The van der Waals surface area contributed by atoms with Crippen molar-refractivity contribution in [3.8, 4) is 0 Å². The molecule has 1 heterocycles. The molecule has 0 unspecified atom stereocenters. The molecule has 1 aliphatic rings. The number of aliphatic hydroxyl groups is 1. The number of amides is 1. The molecule has 5 atom stereocenters. The van der Waals surface area contributed by atoms with Gasteiger partial charge in [-0.1, -0.05) is 32.6 Å². The van der Waals surface area contributed by atoms with E-state index < -0.39 is 42.3 Å². The molecular weight excluding hydrogens is 420 g/mol. The molecule has 0 radical (unpaired) electrons. The molecule has 32 heavy (non-hydrogen) atoms. The topological polar surface area (TPSA) is 176 Å². The van der Waals surface area contributed by atoms with Gasteiger partial charge in [0.15, 0.2) is 24.1 Å². The number of esters is 1. The fourth-order valence-electron chi connectivity index (χ4n) is 3.49. The van der Waals surface area contributed by atoms with E-state index in [9.17, 15) is 19.5 Å². The number of rotatable bonds is 14. The second kappa shape index (κ2) is 14.4. The lowest BCUT2D eigenvalue weighted by molar-refractivity contribution is -0.157. The van der Waals surface area contributed by atoms with Crippen LogP contribution < -0.4 is 16.8 Å². The van der Waals surface area contributed by atoms with Gasteiger partial charge in [0.05, 0.1) is 12.1 Å². The fraction of sp³-hybridized carbons (Fsp3) is 0.714. The maximum atomic E-state index is 12.0. The normalized spacial score (nSPS) is 22.0. The lowest BCUT2D eigenvalue weighted by Crippen LogP contribution is -2.60. The number of nitrogens with one attached hydrogen (secondary N) is 1. The Bertz CT molecular complexity index is 679. The number of methoxy groups -OCH3 is 1. The molecule has 1 amide bonds. The molecule has 11 heteroatoms. The molecule has 0 spiro atoms. The summed E-state index contributed by atoms with van der Waals surface area (Å²) in [5.74, 6) is -1.16. The number of aldehydes is 1. The second-order valence-corrected chi connectivity index (χ2v) is 7.66. The van der Waals surface area contributed by atoms with Gasteiger partial charge < -0.3 is 36.1 Å². The number of aliphatic hydroxyl groups excluding tert-OH is 1. The third-order valence-corrected chi connectivity index (χ3v) is 4.99. The molecule has 0 saturated carbocycles. The summed E-state index contributed by atoms with van der Waals surface area (Å²) < 4.78 is 16.2. The second-order valence-electron chi connectivity index (χ2n) is 7.66. The number of hydrogen-bond donors (Lipinski definition) is 4. The Hall–Kier alpha value is -2.66. The van der Waals surface area contributed by atoms with Gasteiger partial charge in [0, 0.05) is 20.5 Å². The highest BCUT2D eigenvalue weighted by Crippen LogP contribution is 2.25. The van der Waals surface area contributed by atoms with Gasteiger partial charge in [-0.25, -0.2) is 4.99 Å². The van der Waals surface area contributed by atoms with Crippen molar-refractivity contribution in [1.82, 2.24) is 5.32 Å². The zero-order valence-electron chi connectivity index (χ0n) is 19.0. The van der Waals surface area contributed by atoms with Crippen LogP contribution in [0.15, 0.2) is 16.8 Å². The Morgan fingerprint density at radius 3 is 2.56 bits per heavy atom. The molecule has 182 valence electrons. The van der Waals surface area contributed by atoms with E-state index in [0.717, 1.165) is 25.7 Å². The van der Waals surface area contributed by atoms with Gasteiger partial charge in [0.25, 0.3) is 0 Å². The van der Waals surface area contributed by atoms with Crippen molar-refractivity contribution >= 4 is 24.1 Å². The third kappa shape index (κ3) is 9.23. The first-order chi connectivity index (χ1) is 15.2. The van der Waals surface area contributed by atoms with Gasteiger partial charge in [-0.2, -0.15) is 0 Å². The van der Waals surface area contributed by atoms with Crippen molar-refractivity contribution in [2.45, 2.75) is 82.8 Å². The quantitative estimate of drug-likeness (QED) is 0.0913. The van der Waals surface area contributed by atoms with E-state index in [4.69, 9.17) is 25.7 Å². The van der Waals surface area contributed by atoms with Crippen LogP contribution in [0.3, 0.4) is 0 Å².